The van der Waals surface area contributed by atoms with Gasteiger partial charge in [-0.25, -0.2) is 0 Å². The van der Waals surface area contributed by atoms with E-state index in [1.165, 1.54) is 0 Å². The van der Waals surface area contributed by atoms with Crippen LogP contribution in [0.4, 0.5) is 0 Å². The third-order valence-corrected chi connectivity index (χ3v) is 1.00. The maximum absolute atomic E-state index is 10.2. The van der Waals surface area contributed by atoms with Crippen LogP contribution < -0.4 is 0 Å². The molecule has 47 valence electrons. The fourth-order valence-corrected chi connectivity index (χ4v) is 0.450. The molecule has 0 amide bonds. The summed E-state index contributed by atoms with van der Waals surface area (Å²) in [5.74, 6) is 0.680. The summed E-state index contributed by atoms with van der Waals surface area (Å²) in [6.07, 6.45) is 1.61. The number of carbonyl (C=O) groups is 1. The minimum Gasteiger partial charge on any atom is -0.300 e. The van der Waals surface area contributed by atoms with E-state index in [-0.39, 0.29) is 5.78 Å². The Kier molecular flexibility index (Phi) is 3.49. The van der Waals surface area contributed by atoms with Gasteiger partial charge in [-0.3, -0.25) is 4.79 Å². The van der Waals surface area contributed by atoms with Gasteiger partial charge in [0.05, 0.1) is 0 Å². The lowest BCUT2D eigenvalue weighted by molar-refractivity contribution is -0.115. The van der Waals surface area contributed by atoms with Crippen LogP contribution >= 0.6 is 0 Å². The molecule has 1 nitrogen and oxygen atoms in total. The van der Waals surface area contributed by atoms with Gasteiger partial charge in [0.15, 0.2) is 0 Å². The molecule has 0 saturated heterocycles. The Morgan fingerprint density at radius 1 is 1.62 bits per heavy atom. The van der Waals surface area contributed by atoms with E-state index in [0.717, 1.165) is 6.42 Å². The lowest BCUT2D eigenvalue weighted by Gasteiger charge is -1.98. The third-order valence-electron chi connectivity index (χ3n) is 1.00. The number of hydrogen-bond donors (Lipinski definition) is 0. The van der Waals surface area contributed by atoms with Crippen molar-refractivity contribution in [3.63, 3.8) is 0 Å². The summed E-state index contributed by atoms with van der Waals surface area (Å²) in [5.41, 5.74) is 0. The first-order valence-corrected chi connectivity index (χ1v) is 2.97. The molecule has 0 rings (SSSR count). The van der Waals surface area contributed by atoms with E-state index in [1.807, 2.05) is 0 Å². The Morgan fingerprint density at radius 2 is 2.12 bits per heavy atom. The van der Waals surface area contributed by atoms with Gasteiger partial charge in [0.25, 0.3) is 0 Å². The number of carbonyl (C=O) groups excluding carboxylic acids is 1. The molecule has 1 radical (unpaired) electrons. The smallest absolute Gasteiger partial charge is 0.133 e. The molecular weight excluding hydrogens is 100 g/mol. The highest BCUT2D eigenvalue weighted by Gasteiger charge is 1.95. The molecule has 0 fully saturated rings. The second kappa shape index (κ2) is 3.65. The van der Waals surface area contributed by atoms with Crippen molar-refractivity contribution in [3.8, 4) is 0 Å². The molecule has 0 N–H and O–H groups in total. The van der Waals surface area contributed by atoms with Crippen LogP contribution in [-0.4, -0.2) is 5.78 Å². The molecule has 8 heavy (non-hydrogen) atoms. The van der Waals surface area contributed by atoms with Crippen LogP contribution in [0.1, 0.15) is 26.7 Å². The van der Waals surface area contributed by atoms with Crippen LogP contribution in [0.3, 0.4) is 0 Å². The average Bonchev–Trinajstić information content (AvgIpc) is 1.61. The Bertz CT molecular complexity index is 74.5. The van der Waals surface area contributed by atoms with Crippen molar-refractivity contribution < 1.29 is 4.79 Å². The van der Waals surface area contributed by atoms with Crippen LogP contribution in [0.5, 0.6) is 0 Å². The molecule has 0 aromatic carbocycles. The zero-order valence-electron chi connectivity index (χ0n) is 5.61. The first-order valence-electron chi connectivity index (χ1n) is 2.97. The predicted octanol–water partition coefficient (Wildman–Crippen LogP) is 1.83. The summed E-state index contributed by atoms with van der Waals surface area (Å²) in [4.78, 5) is 10.2. The summed E-state index contributed by atoms with van der Waals surface area (Å²) in [5, 5.41) is 0. The van der Waals surface area contributed by atoms with E-state index in [2.05, 4.69) is 20.8 Å². The summed E-state index contributed by atoms with van der Waals surface area (Å²) in [6, 6.07) is 0. The van der Waals surface area contributed by atoms with Gasteiger partial charge in [-0.05, 0) is 12.3 Å². The molecule has 0 heterocycles. The largest absolute Gasteiger partial charge is 0.300 e. The van der Waals surface area contributed by atoms with Crippen LogP contribution in [0.25, 0.3) is 0 Å². The zero-order valence-corrected chi connectivity index (χ0v) is 5.61. The fourth-order valence-electron chi connectivity index (χ4n) is 0.450. The van der Waals surface area contributed by atoms with Gasteiger partial charge >= 0.3 is 0 Å². The summed E-state index contributed by atoms with van der Waals surface area (Å²) in [6.45, 7) is 7.47. The number of Topliss-reactive ketones (excluding diaryl/α,β-unsaturated/α-hetero) is 1. The molecule has 0 bridgehead atoms. The van der Waals surface area contributed by atoms with Gasteiger partial charge in [-0.1, -0.05) is 13.8 Å². The van der Waals surface area contributed by atoms with Crippen molar-refractivity contribution in [2.75, 3.05) is 0 Å². The second-order valence-electron chi connectivity index (χ2n) is 2.47. The van der Waals surface area contributed by atoms with Gasteiger partial charge in [0.1, 0.15) is 5.78 Å². The number of hydrogen-bond acceptors (Lipinski definition) is 1. The Labute approximate surface area is 51.1 Å². The molecule has 0 aliphatic heterocycles. The Hall–Kier alpha value is -0.330. The van der Waals surface area contributed by atoms with Gasteiger partial charge in [0, 0.05) is 13.3 Å². The van der Waals surface area contributed by atoms with Crippen molar-refractivity contribution in [2.45, 2.75) is 26.7 Å². The van der Waals surface area contributed by atoms with Gasteiger partial charge in [0.2, 0.25) is 0 Å². The van der Waals surface area contributed by atoms with Crippen molar-refractivity contribution >= 4 is 5.78 Å². The summed E-state index contributed by atoms with van der Waals surface area (Å²) >= 11 is 0. The predicted molar refractivity (Wildman–Crippen MR) is 34.4 cm³/mol. The zero-order chi connectivity index (χ0) is 6.57. The van der Waals surface area contributed by atoms with Crippen molar-refractivity contribution in [1.82, 2.24) is 0 Å². The molecular formula is C7H13O. The Balaban J connectivity index is 3.05. The highest BCUT2D eigenvalue weighted by Crippen LogP contribution is 2.02. The van der Waals surface area contributed by atoms with Crippen molar-refractivity contribution in [1.29, 1.82) is 0 Å². The van der Waals surface area contributed by atoms with E-state index >= 15 is 0 Å². The van der Waals surface area contributed by atoms with E-state index in [9.17, 15) is 4.79 Å². The summed E-state index contributed by atoms with van der Waals surface area (Å²) in [7, 11) is 0. The molecule has 0 saturated carbocycles. The molecule has 0 aromatic rings. The first kappa shape index (κ1) is 7.67. The van der Waals surface area contributed by atoms with Crippen molar-refractivity contribution in [3.05, 3.63) is 6.92 Å². The maximum Gasteiger partial charge on any atom is 0.133 e. The lowest BCUT2D eigenvalue weighted by atomic mass is 10.1. The molecule has 0 unspecified atom stereocenters. The van der Waals surface area contributed by atoms with Crippen LogP contribution in [0.2, 0.25) is 0 Å². The molecule has 0 spiro atoms. The first-order chi connectivity index (χ1) is 3.63. The lowest BCUT2D eigenvalue weighted by Crippen LogP contribution is -1.94. The topological polar surface area (TPSA) is 17.1 Å². The van der Waals surface area contributed by atoms with E-state index in [0.29, 0.717) is 12.3 Å². The average molecular weight is 113 g/mol. The minimum atomic E-state index is 0.0544. The molecule has 0 aliphatic carbocycles. The normalized spacial score (nSPS) is 10.0. The minimum absolute atomic E-state index is 0.0544. The van der Waals surface area contributed by atoms with E-state index < -0.39 is 0 Å². The molecule has 0 aliphatic rings. The molecule has 0 aromatic heterocycles. The number of rotatable bonds is 3. The quantitative estimate of drug-likeness (QED) is 0.545. The fraction of sp³-hybridized carbons (Fsp3) is 0.714. The molecule has 0 atom stereocenters. The SMILES string of the molecule is [CH2]C(=O)CCC(C)C. The highest BCUT2D eigenvalue weighted by molar-refractivity contribution is 5.82. The monoisotopic (exact) mass is 113 g/mol. The van der Waals surface area contributed by atoms with Crippen LogP contribution in [0, 0.1) is 12.8 Å². The summed E-state index contributed by atoms with van der Waals surface area (Å²) < 4.78 is 0. The van der Waals surface area contributed by atoms with Crippen LogP contribution in [0.15, 0.2) is 0 Å². The van der Waals surface area contributed by atoms with Gasteiger partial charge in [-0.2, -0.15) is 0 Å². The molecule has 1 heteroatoms. The van der Waals surface area contributed by atoms with E-state index in [1.54, 1.807) is 0 Å². The second-order valence-corrected chi connectivity index (χ2v) is 2.47. The third kappa shape index (κ3) is 5.67. The maximum atomic E-state index is 10.2. The highest BCUT2D eigenvalue weighted by atomic mass is 16.1. The van der Waals surface area contributed by atoms with Gasteiger partial charge < -0.3 is 0 Å². The van der Waals surface area contributed by atoms with Crippen molar-refractivity contribution in [2.24, 2.45) is 5.92 Å². The van der Waals surface area contributed by atoms with Crippen LogP contribution in [-0.2, 0) is 4.79 Å². The Morgan fingerprint density at radius 3 is 2.25 bits per heavy atom. The van der Waals surface area contributed by atoms with Gasteiger partial charge in [-0.15, -0.1) is 0 Å². The number of ketones is 1. The van der Waals surface area contributed by atoms with E-state index in [4.69, 9.17) is 0 Å². The standard InChI is InChI=1S/C7H13O/c1-6(2)4-5-7(3)8/h6H,3-5H2,1-2H3.